The fourth-order valence-electron chi connectivity index (χ4n) is 1.81. The number of nitrogen functional groups attached to an aromatic ring is 1. The normalized spacial score (nSPS) is 28.5. The molecule has 0 spiro atoms. The van der Waals surface area contributed by atoms with Crippen molar-refractivity contribution in [3.8, 4) is 0 Å². The first-order valence-electron chi connectivity index (χ1n) is 5.14. The van der Waals surface area contributed by atoms with E-state index in [0.717, 1.165) is 16.8 Å². The fourth-order valence-corrected chi connectivity index (χ4v) is 1.81. The maximum absolute atomic E-state index is 13.2. The summed E-state index contributed by atoms with van der Waals surface area (Å²) in [7, 11) is 0. The van der Waals surface area contributed by atoms with Gasteiger partial charge in [0, 0.05) is 18.7 Å². The molecule has 1 aliphatic heterocycles. The molecule has 0 saturated carbocycles. The number of nitrogens with zero attached hydrogens (tertiary/aromatic N) is 1. The van der Waals surface area contributed by atoms with Crippen LogP contribution in [0, 0.1) is 5.82 Å². The Balaban J connectivity index is 2.30. The van der Waals surface area contributed by atoms with Gasteiger partial charge in [-0.2, -0.15) is 0 Å². The van der Waals surface area contributed by atoms with Crippen molar-refractivity contribution in [3.05, 3.63) is 28.4 Å². The summed E-state index contributed by atoms with van der Waals surface area (Å²) >= 11 is 0. The minimum absolute atomic E-state index is 0.120. The molecule has 1 aliphatic rings. The molecule has 94 valence electrons. The van der Waals surface area contributed by atoms with Gasteiger partial charge in [0.1, 0.15) is 12.3 Å². The molecule has 0 aliphatic carbocycles. The average molecular weight is 244 g/mol. The summed E-state index contributed by atoms with van der Waals surface area (Å²) < 4.78 is 19.5. The van der Waals surface area contributed by atoms with Gasteiger partial charge >= 0.3 is 0 Å². The topological polar surface area (TPSA) is 97.7 Å². The second-order valence-electron chi connectivity index (χ2n) is 3.94. The van der Waals surface area contributed by atoms with Gasteiger partial charge in [0.05, 0.1) is 18.4 Å². The van der Waals surface area contributed by atoms with Crippen LogP contribution in [0.15, 0.2) is 17.1 Å². The molecule has 17 heavy (non-hydrogen) atoms. The third-order valence-electron chi connectivity index (χ3n) is 2.76. The molecule has 7 heteroatoms. The van der Waals surface area contributed by atoms with Crippen molar-refractivity contribution in [1.82, 2.24) is 4.57 Å². The number of halogens is 1. The number of pyridine rings is 1. The van der Waals surface area contributed by atoms with Crippen molar-refractivity contribution < 1.29 is 19.3 Å². The lowest BCUT2D eigenvalue weighted by molar-refractivity contribution is -0.0457. The zero-order valence-electron chi connectivity index (χ0n) is 8.91. The zero-order valence-corrected chi connectivity index (χ0v) is 8.91. The highest BCUT2D eigenvalue weighted by atomic mass is 19.1. The van der Waals surface area contributed by atoms with Crippen LogP contribution in [0.25, 0.3) is 0 Å². The number of hydrogen-bond donors (Lipinski definition) is 3. The lowest BCUT2D eigenvalue weighted by atomic mass is 10.2. The van der Waals surface area contributed by atoms with Crippen molar-refractivity contribution in [2.45, 2.75) is 24.9 Å². The van der Waals surface area contributed by atoms with Crippen LogP contribution in [0.1, 0.15) is 12.6 Å². The van der Waals surface area contributed by atoms with E-state index in [1.54, 1.807) is 0 Å². The molecule has 0 aromatic carbocycles. The lowest BCUT2D eigenvalue weighted by Gasteiger charge is -2.15. The Morgan fingerprint density at radius 1 is 1.65 bits per heavy atom. The van der Waals surface area contributed by atoms with E-state index in [0.29, 0.717) is 0 Å². The summed E-state index contributed by atoms with van der Waals surface area (Å²) in [6.07, 6.45) is -1.36. The Morgan fingerprint density at radius 3 is 2.94 bits per heavy atom. The van der Waals surface area contributed by atoms with E-state index in [4.69, 9.17) is 15.6 Å². The first-order chi connectivity index (χ1) is 8.02. The van der Waals surface area contributed by atoms with Gasteiger partial charge in [-0.1, -0.05) is 0 Å². The molecule has 0 amide bonds. The number of aliphatic hydroxyl groups is 2. The van der Waals surface area contributed by atoms with E-state index in [2.05, 4.69) is 0 Å². The van der Waals surface area contributed by atoms with E-state index >= 15 is 0 Å². The van der Waals surface area contributed by atoms with Crippen LogP contribution in [-0.2, 0) is 4.74 Å². The van der Waals surface area contributed by atoms with Crippen LogP contribution in [-0.4, -0.2) is 33.6 Å². The molecule has 1 saturated heterocycles. The Labute approximate surface area is 96.0 Å². The second-order valence-corrected chi connectivity index (χ2v) is 3.94. The summed E-state index contributed by atoms with van der Waals surface area (Å²) in [6.45, 7) is -0.357. The number of anilines is 1. The van der Waals surface area contributed by atoms with E-state index in [9.17, 15) is 14.3 Å². The molecular weight excluding hydrogens is 231 g/mol. The van der Waals surface area contributed by atoms with Gasteiger partial charge in [0.25, 0.3) is 5.56 Å². The van der Waals surface area contributed by atoms with Crippen LogP contribution >= 0.6 is 0 Å². The predicted molar refractivity (Wildman–Crippen MR) is 56.7 cm³/mol. The van der Waals surface area contributed by atoms with Gasteiger partial charge in [-0.15, -0.1) is 0 Å². The third-order valence-corrected chi connectivity index (χ3v) is 2.76. The largest absolute Gasteiger partial charge is 0.396 e. The summed E-state index contributed by atoms with van der Waals surface area (Å²) in [5.74, 6) is -0.727. The molecule has 0 bridgehead atoms. The molecule has 0 radical (unpaired) electrons. The second kappa shape index (κ2) is 4.44. The van der Waals surface area contributed by atoms with Crippen LogP contribution in [0.3, 0.4) is 0 Å². The third kappa shape index (κ3) is 2.17. The molecule has 0 unspecified atom stereocenters. The highest BCUT2D eigenvalue weighted by Crippen LogP contribution is 2.27. The van der Waals surface area contributed by atoms with Crippen LogP contribution < -0.4 is 11.3 Å². The monoisotopic (exact) mass is 244 g/mol. The van der Waals surface area contributed by atoms with Crippen molar-refractivity contribution in [3.63, 3.8) is 0 Å². The standard InChI is InChI=1S/C10H13FN2O4/c11-5-3-13(9(16)1-6(5)12)10-2-7(15)8(4-14)17-10/h1,3,7-8,10,14-15H,2,4,12H2/t7-,8+,10-/m0/s1. The molecule has 1 fully saturated rings. The number of rotatable bonds is 2. The summed E-state index contributed by atoms with van der Waals surface area (Å²) in [4.78, 5) is 11.6. The van der Waals surface area contributed by atoms with Crippen molar-refractivity contribution in [2.24, 2.45) is 0 Å². The van der Waals surface area contributed by atoms with E-state index in [-0.39, 0.29) is 18.7 Å². The first-order valence-corrected chi connectivity index (χ1v) is 5.14. The van der Waals surface area contributed by atoms with E-state index < -0.39 is 29.8 Å². The van der Waals surface area contributed by atoms with Gasteiger partial charge in [0.15, 0.2) is 5.82 Å². The maximum atomic E-state index is 13.2. The Morgan fingerprint density at radius 2 is 2.35 bits per heavy atom. The smallest absolute Gasteiger partial charge is 0.254 e. The van der Waals surface area contributed by atoms with E-state index in [1.807, 2.05) is 0 Å². The Hall–Kier alpha value is -1.44. The molecular formula is C10H13FN2O4. The number of aromatic nitrogens is 1. The van der Waals surface area contributed by atoms with Crippen molar-refractivity contribution >= 4 is 5.69 Å². The zero-order chi connectivity index (χ0) is 12.6. The maximum Gasteiger partial charge on any atom is 0.254 e. The molecule has 2 heterocycles. The molecule has 4 N–H and O–H groups in total. The van der Waals surface area contributed by atoms with Gasteiger partial charge in [-0.25, -0.2) is 4.39 Å². The van der Waals surface area contributed by atoms with Gasteiger partial charge in [-0.05, 0) is 0 Å². The van der Waals surface area contributed by atoms with Crippen molar-refractivity contribution in [1.29, 1.82) is 0 Å². The number of nitrogens with two attached hydrogens (primary N) is 1. The van der Waals surface area contributed by atoms with E-state index in [1.165, 1.54) is 0 Å². The SMILES string of the molecule is Nc1cc(=O)n([C@@H]2C[C@H](O)[C@@H](CO)O2)cc1F. The molecule has 2 rings (SSSR count). The van der Waals surface area contributed by atoms with Crippen molar-refractivity contribution in [2.75, 3.05) is 12.3 Å². The van der Waals surface area contributed by atoms with Gasteiger partial charge in [-0.3, -0.25) is 9.36 Å². The quantitative estimate of drug-likeness (QED) is 0.633. The van der Waals surface area contributed by atoms with Crippen LogP contribution in [0.2, 0.25) is 0 Å². The first kappa shape index (κ1) is 12.0. The highest BCUT2D eigenvalue weighted by Gasteiger charge is 2.34. The molecule has 1 aromatic heterocycles. The lowest BCUT2D eigenvalue weighted by Crippen LogP contribution is -2.26. The number of hydrogen-bond acceptors (Lipinski definition) is 5. The number of aliphatic hydroxyl groups excluding tert-OH is 2. The molecule has 3 atom stereocenters. The summed E-state index contributed by atoms with van der Waals surface area (Å²) in [6, 6.07) is 0.956. The summed E-state index contributed by atoms with van der Waals surface area (Å²) in [5.41, 5.74) is 4.50. The van der Waals surface area contributed by atoms with Gasteiger partial charge < -0.3 is 20.7 Å². The molecule has 1 aromatic rings. The minimum atomic E-state index is -0.877. The summed E-state index contributed by atoms with van der Waals surface area (Å²) in [5, 5.41) is 18.4. The highest BCUT2D eigenvalue weighted by molar-refractivity contribution is 5.36. The van der Waals surface area contributed by atoms with Crippen LogP contribution in [0.5, 0.6) is 0 Å². The number of ether oxygens (including phenoxy) is 1. The molecule has 6 nitrogen and oxygen atoms in total. The average Bonchev–Trinajstić information content (AvgIpc) is 2.65. The minimum Gasteiger partial charge on any atom is -0.396 e. The van der Waals surface area contributed by atoms with Crippen LogP contribution in [0.4, 0.5) is 10.1 Å². The fraction of sp³-hybridized carbons (Fsp3) is 0.500. The Kier molecular flexibility index (Phi) is 3.14. The predicted octanol–water partition coefficient (Wildman–Crippen LogP) is -0.790. The Bertz CT molecular complexity index is 476. The van der Waals surface area contributed by atoms with Gasteiger partial charge in [0.2, 0.25) is 0 Å².